The van der Waals surface area contributed by atoms with Gasteiger partial charge >= 0.3 is 5.97 Å². The molecule has 0 radical (unpaired) electrons. The zero-order chi connectivity index (χ0) is 28.6. The molecular formula is C29H22Cl2N2O5S2. The summed E-state index contributed by atoms with van der Waals surface area (Å²) in [5.41, 5.74) is 7.32. The molecule has 1 aliphatic rings. The Labute approximate surface area is 244 Å². The Morgan fingerprint density at radius 3 is 2.27 bits per heavy atom. The van der Waals surface area contributed by atoms with Gasteiger partial charge in [0.1, 0.15) is 10.2 Å². The second-order valence-electron chi connectivity index (χ2n) is 8.71. The van der Waals surface area contributed by atoms with E-state index in [-0.39, 0.29) is 37.7 Å². The number of esters is 1. The van der Waals surface area contributed by atoms with Crippen LogP contribution in [0.1, 0.15) is 28.1 Å². The highest BCUT2D eigenvalue weighted by molar-refractivity contribution is 8.10. The van der Waals surface area contributed by atoms with E-state index in [1.807, 2.05) is 0 Å². The second-order valence-corrected chi connectivity index (χ2v) is 12.5. The van der Waals surface area contributed by atoms with Gasteiger partial charge in [-0.25, -0.2) is 13.2 Å². The van der Waals surface area contributed by atoms with E-state index < -0.39 is 32.0 Å². The van der Waals surface area contributed by atoms with E-state index in [1.165, 1.54) is 12.1 Å². The molecular weight excluding hydrogens is 591 g/mol. The molecule has 0 bridgehead atoms. The zero-order valence-electron chi connectivity index (χ0n) is 21.0. The van der Waals surface area contributed by atoms with Crippen molar-refractivity contribution in [2.24, 2.45) is 0 Å². The van der Waals surface area contributed by atoms with E-state index >= 15 is 0 Å². The lowest BCUT2D eigenvalue weighted by atomic mass is 10.1. The number of fused-ring (bicyclic) bond motifs is 1. The highest BCUT2D eigenvalue weighted by Crippen LogP contribution is 2.43. The third kappa shape index (κ3) is 4.83. The number of benzene rings is 3. The number of carbonyl (C=O) groups excluding carboxylic acids is 2. The molecule has 2 N–H and O–H groups in total. The summed E-state index contributed by atoms with van der Waals surface area (Å²) in [5.74, 6) is -1.35. The fourth-order valence-corrected chi connectivity index (χ4v) is 7.76. The molecule has 11 heteroatoms. The molecule has 0 saturated carbocycles. The Balaban J connectivity index is 1.96. The maximum absolute atomic E-state index is 14.2. The number of thioether (sulfide) groups is 1. The van der Waals surface area contributed by atoms with Gasteiger partial charge in [0.25, 0.3) is 0 Å². The minimum absolute atomic E-state index is 0.0173. The van der Waals surface area contributed by atoms with E-state index in [9.17, 15) is 18.0 Å². The van der Waals surface area contributed by atoms with E-state index in [4.69, 9.17) is 33.7 Å². The Hall–Kier alpha value is -3.50. The van der Waals surface area contributed by atoms with E-state index in [2.05, 4.69) is 0 Å². The van der Waals surface area contributed by atoms with Gasteiger partial charge in [0.15, 0.2) is 5.03 Å². The predicted molar refractivity (Wildman–Crippen MR) is 157 cm³/mol. The maximum atomic E-state index is 14.2. The van der Waals surface area contributed by atoms with Gasteiger partial charge in [0.05, 0.1) is 22.5 Å². The standard InChI is InChI=1S/C29H22Cl2N2O5S2/c1-2-38-29(35)26-24-20(16-17-10-6-8-14-21(17)30)23(32)28(40(36,37)18-11-4-3-5-12-18)33(24)27(34)25(39-26)19-13-7-9-15-22(19)31/h3-16,25H,2,32H2,1H3/b20-16+/t25-/m1/s1. The summed E-state index contributed by atoms with van der Waals surface area (Å²) in [6.07, 6.45) is 1.57. The number of rotatable bonds is 6. The van der Waals surface area contributed by atoms with Crippen molar-refractivity contribution in [3.8, 4) is 0 Å². The van der Waals surface area contributed by atoms with E-state index in [0.717, 1.165) is 16.3 Å². The fourth-order valence-electron chi connectivity index (χ4n) is 4.46. The molecule has 0 unspecified atom stereocenters. The molecule has 1 atom stereocenters. The Kier molecular flexibility index (Phi) is 7.83. The number of halogens is 2. The van der Waals surface area contributed by atoms with Crippen molar-refractivity contribution in [1.82, 2.24) is 4.57 Å². The number of anilines is 1. The average molecular weight is 614 g/mol. The van der Waals surface area contributed by atoms with Crippen LogP contribution in [-0.2, 0) is 19.4 Å². The van der Waals surface area contributed by atoms with Crippen molar-refractivity contribution < 1.29 is 22.7 Å². The normalized spacial score (nSPS) is 15.7. The quantitative estimate of drug-likeness (QED) is 0.310. The molecule has 0 spiro atoms. The van der Waals surface area contributed by atoms with Gasteiger partial charge in [-0.3, -0.25) is 9.36 Å². The first-order valence-corrected chi connectivity index (χ1v) is 15.2. The first-order valence-electron chi connectivity index (χ1n) is 12.1. The Morgan fingerprint density at radius 1 is 1.00 bits per heavy atom. The summed E-state index contributed by atoms with van der Waals surface area (Å²) in [7, 11) is -4.35. The lowest BCUT2D eigenvalue weighted by molar-refractivity contribution is -0.135. The van der Waals surface area contributed by atoms with Crippen LogP contribution in [0, 0.1) is 0 Å². The molecule has 204 valence electrons. The highest BCUT2D eigenvalue weighted by Gasteiger charge is 2.40. The summed E-state index contributed by atoms with van der Waals surface area (Å²) < 4.78 is 34.5. The second kappa shape index (κ2) is 11.2. The number of sulfone groups is 1. The molecule has 5 rings (SSSR count). The zero-order valence-corrected chi connectivity index (χ0v) is 24.2. The summed E-state index contributed by atoms with van der Waals surface area (Å²) in [5, 5.41) is -0.666. The number of nitrogens with zero attached hydrogens (tertiary/aromatic N) is 1. The van der Waals surface area contributed by atoms with Crippen LogP contribution in [-0.4, -0.2) is 31.5 Å². The number of aromatic nitrogens is 1. The van der Waals surface area contributed by atoms with Crippen molar-refractivity contribution in [3.63, 3.8) is 0 Å². The van der Waals surface area contributed by atoms with Crippen LogP contribution in [0.2, 0.25) is 10.0 Å². The van der Waals surface area contributed by atoms with Gasteiger partial charge in [-0.1, -0.05) is 89.6 Å². The molecule has 40 heavy (non-hydrogen) atoms. The fraction of sp³-hybridized carbons (Fsp3) is 0.103. The number of carbonyl (C=O) groups is 2. The largest absolute Gasteiger partial charge is 0.462 e. The van der Waals surface area contributed by atoms with Gasteiger partial charge in [-0.2, -0.15) is 0 Å². The molecule has 4 aromatic rings. The van der Waals surface area contributed by atoms with Crippen LogP contribution < -0.4 is 16.3 Å². The predicted octanol–water partition coefficient (Wildman–Crippen LogP) is 4.84. The molecule has 0 fully saturated rings. The number of ether oxygens (including phenoxy) is 1. The first-order chi connectivity index (χ1) is 19.2. The van der Waals surface area contributed by atoms with Crippen molar-refractivity contribution in [3.05, 3.63) is 111 Å². The monoisotopic (exact) mass is 612 g/mol. The number of nitrogens with two attached hydrogens (primary N) is 1. The highest BCUT2D eigenvalue weighted by atomic mass is 35.5. The molecule has 3 aromatic carbocycles. The summed E-state index contributed by atoms with van der Waals surface area (Å²) in [6.45, 7) is 1.71. The topological polar surface area (TPSA) is 108 Å². The molecule has 7 nitrogen and oxygen atoms in total. The summed E-state index contributed by atoms with van der Waals surface area (Å²) in [4.78, 5) is 27.6. The lowest BCUT2D eigenvalue weighted by Crippen LogP contribution is -2.42. The van der Waals surface area contributed by atoms with Crippen molar-refractivity contribution in [1.29, 1.82) is 0 Å². The van der Waals surface area contributed by atoms with Crippen LogP contribution in [0.3, 0.4) is 0 Å². The van der Waals surface area contributed by atoms with Crippen LogP contribution in [0.25, 0.3) is 11.0 Å². The van der Waals surface area contributed by atoms with Gasteiger partial charge < -0.3 is 10.5 Å². The van der Waals surface area contributed by atoms with E-state index in [1.54, 1.807) is 79.7 Å². The number of nitrogen functional groups attached to an aromatic ring is 1. The molecule has 1 aromatic heterocycles. The molecule has 0 saturated heterocycles. The van der Waals surface area contributed by atoms with E-state index in [0.29, 0.717) is 16.1 Å². The third-order valence-corrected chi connectivity index (χ3v) is 10.0. The van der Waals surface area contributed by atoms with Crippen LogP contribution >= 0.6 is 35.0 Å². The average Bonchev–Trinajstić information content (AvgIpc) is 3.24. The van der Waals surface area contributed by atoms with Crippen LogP contribution in [0.15, 0.2) is 88.8 Å². The number of hydrogen-bond donors (Lipinski definition) is 1. The maximum Gasteiger partial charge on any atom is 0.346 e. The minimum Gasteiger partial charge on any atom is -0.462 e. The first kappa shape index (κ1) is 28.0. The van der Waals surface area contributed by atoms with Crippen LogP contribution in [0.4, 0.5) is 5.69 Å². The SMILES string of the molecule is CCOC(=O)C1=c2/c(=C/c3ccccc3Cl)c(N)c(S(=O)(=O)c3ccccc3)n2C(=O)[C@@H](c2ccccc2Cl)S1. The smallest absolute Gasteiger partial charge is 0.346 e. The third-order valence-electron chi connectivity index (χ3n) is 6.26. The summed E-state index contributed by atoms with van der Waals surface area (Å²) in [6, 6.07) is 21.2. The van der Waals surface area contributed by atoms with Gasteiger partial charge in [0, 0.05) is 15.3 Å². The number of hydrogen-bond acceptors (Lipinski definition) is 7. The summed E-state index contributed by atoms with van der Waals surface area (Å²) >= 11 is 13.8. The molecule has 1 aliphatic heterocycles. The van der Waals surface area contributed by atoms with Gasteiger partial charge in [-0.15, -0.1) is 0 Å². The van der Waals surface area contributed by atoms with Gasteiger partial charge in [0.2, 0.25) is 15.7 Å². The van der Waals surface area contributed by atoms with Crippen molar-refractivity contribution in [2.75, 3.05) is 12.3 Å². The molecule has 2 heterocycles. The van der Waals surface area contributed by atoms with Crippen molar-refractivity contribution in [2.45, 2.75) is 22.1 Å². The van der Waals surface area contributed by atoms with Gasteiger partial charge in [-0.05, 0) is 48.4 Å². The lowest BCUT2D eigenvalue weighted by Gasteiger charge is -2.24. The Morgan fingerprint density at radius 2 is 1.62 bits per heavy atom. The minimum atomic E-state index is -4.35. The molecule has 0 amide bonds. The Bertz CT molecular complexity index is 1890. The van der Waals surface area contributed by atoms with Crippen molar-refractivity contribution >= 4 is 73.3 Å². The van der Waals surface area contributed by atoms with Crippen LogP contribution in [0.5, 0.6) is 0 Å². The molecule has 0 aliphatic carbocycles.